The Balaban J connectivity index is 2.59. The van der Waals surface area contributed by atoms with E-state index in [0.29, 0.717) is 5.92 Å². The summed E-state index contributed by atoms with van der Waals surface area (Å²) in [5, 5.41) is 8.88. The lowest BCUT2D eigenvalue weighted by Gasteiger charge is -2.09. The van der Waals surface area contributed by atoms with Crippen LogP contribution in [0.2, 0.25) is 0 Å². The number of thioether (sulfide) groups is 1. The van der Waals surface area contributed by atoms with Gasteiger partial charge in [-0.05, 0) is 30.5 Å². The van der Waals surface area contributed by atoms with Gasteiger partial charge in [-0.15, -0.1) is 11.8 Å². The van der Waals surface area contributed by atoms with Crippen LogP contribution in [-0.2, 0) is 0 Å². The molecule has 0 fully saturated rings. The first-order valence-corrected chi connectivity index (χ1v) is 5.72. The monoisotopic (exact) mass is 211 g/mol. The van der Waals surface area contributed by atoms with Gasteiger partial charge in [0.25, 0.3) is 0 Å². The molecule has 0 aliphatic carbocycles. The number of nitrogens with two attached hydrogens (primary N) is 1. The zero-order valence-electron chi connectivity index (χ0n) is 8.66. The molecule has 0 aliphatic heterocycles. The molecule has 0 bridgehead atoms. The van der Waals surface area contributed by atoms with Crippen molar-refractivity contribution >= 4 is 17.4 Å². The lowest BCUT2D eigenvalue weighted by molar-refractivity contribution is 0.250. The number of hydrogen-bond acceptors (Lipinski definition) is 3. The van der Waals surface area contributed by atoms with Crippen molar-refractivity contribution in [2.75, 3.05) is 18.1 Å². The first kappa shape index (κ1) is 11.4. The molecule has 78 valence electrons. The van der Waals surface area contributed by atoms with Crippen molar-refractivity contribution in [3.8, 4) is 0 Å². The van der Waals surface area contributed by atoms with Crippen LogP contribution in [0.15, 0.2) is 23.1 Å². The van der Waals surface area contributed by atoms with Gasteiger partial charge in [-0.1, -0.05) is 13.0 Å². The van der Waals surface area contributed by atoms with Gasteiger partial charge in [-0.2, -0.15) is 0 Å². The Bertz CT molecular complexity index is 301. The minimum Gasteiger partial charge on any atom is -0.398 e. The molecule has 1 aromatic rings. The van der Waals surface area contributed by atoms with Crippen LogP contribution in [0.1, 0.15) is 12.5 Å². The fourth-order valence-corrected chi connectivity index (χ4v) is 2.04. The molecule has 3 N–H and O–H groups in total. The van der Waals surface area contributed by atoms with E-state index in [1.54, 1.807) is 11.8 Å². The smallest absolute Gasteiger partial charge is 0.0464 e. The zero-order valence-corrected chi connectivity index (χ0v) is 9.47. The standard InChI is InChI=1S/C11H17NOS/c1-8-3-4-11(10(12)5-8)14-7-9(2)6-13/h3-5,9,13H,6-7,12H2,1-2H3. The third-order valence-electron chi connectivity index (χ3n) is 2.00. The summed E-state index contributed by atoms with van der Waals surface area (Å²) >= 11 is 1.70. The van der Waals surface area contributed by atoms with E-state index in [4.69, 9.17) is 10.8 Å². The molecule has 0 heterocycles. The SMILES string of the molecule is Cc1ccc(SCC(C)CO)c(N)c1. The number of aliphatic hydroxyl groups excluding tert-OH is 1. The molecule has 1 unspecified atom stereocenters. The number of benzene rings is 1. The number of aliphatic hydroxyl groups is 1. The van der Waals surface area contributed by atoms with Crippen LogP contribution in [0.25, 0.3) is 0 Å². The Hall–Kier alpha value is -0.670. The average Bonchev–Trinajstić information content (AvgIpc) is 2.16. The van der Waals surface area contributed by atoms with Crippen LogP contribution in [0.3, 0.4) is 0 Å². The maximum Gasteiger partial charge on any atom is 0.0464 e. The summed E-state index contributed by atoms with van der Waals surface area (Å²) in [4.78, 5) is 1.11. The van der Waals surface area contributed by atoms with E-state index in [9.17, 15) is 0 Å². The molecule has 2 nitrogen and oxygen atoms in total. The van der Waals surface area contributed by atoms with Gasteiger partial charge in [0.05, 0.1) is 0 Å². The molecule has 0 amide bonds. The summed E-state index contributed by atoms with van der Waals surface area (Å²) in [7, 11) is 0. The largest absolute Gasteiger partial charge is 0.398 e. The first-order chi connectivity index (χ1) is 6.63. The van der Waals surface area contributed by atoms with Gasteiger partial charge >= 0.3 is 0 Å². The maximum absolute atomic E-state index is 8.88. The van der Waals surface area contributed by atoms with E-state index in [1.165, 1.54) is 5.56 Å². The average molecular weight is 211 g/mol. The quantitative estimate of drug-likeness (QED) is 0.593. The summed E-state index contributed by atoms with van der Waals surface area (Å²) < 4.78 is 0. The predicted octanol–water partition coefficient (Wildman–Crippen LogP) is 2.30. The molecule has 1 aromatic carbocycles. The third-order valence-corrected chi connectivity index (χ3v) is 3.42. The fourth-order valence-electron chi connectivity index (χ4n) is 1.08. The van der Waals surface area contributed by atoms with E-state index in [2.05, 4.69) is 6.07 Å². The molecule has 0 saturated carbocycles. The molecule has 0 spiro atoms. The molecule has 0 saturated heterocycles. The van der Waals surface area contributed by atoms with Crippen molar-refractivity contribution in [3.05, 3.63) is 23.8 Å². The minimum absolute atomic E-state index is 0.235. The molecular formula is C11H17NOS. The number of hydrogen-bond donors (Lipinski definition) is 2. The van der Waals surface area contributed by atoms with Gasteiger partial charge in [0.15, 0.2) is 0 Å². The highest BCUT2D eigenvalue weighted by atomic mass is 32.2. The fraction of sp³-hybridized carbons (Fsp3) is 0.455. The molecule has 14 heavy (non-hydrogen) atoms. The first-order valence-electron chi connectivity index (χ1n) is 4.73. The maximum atomic E-state index is 8.88. The Labute approximate surface area is 89.5 Å². The van der Waals surface area contributed by atoms with E-state index < -0.39 is 0 Å². The molecule has 0 aromatic heterocycles. The summed E-state index contributed by atoms with van der Waals surface area (Å²) in [6.07, 6.45) is 0. The van der Waals surface area contributed by atoms with Gasteiger partial charge < -0.3 is 10.8 Å². The van der Waals surface area contributed by atoms with Gasteiger partial charge in [0, 0.05) is 22.9 Å². The summed E-state index contributed by atoms with van der Waals surface area (Å²) in [5.41, 5.74) is 7.88. The highest BCUT2D eigenvalue weighted by Gasteiger charge is 2.04. The predicted molar refractivity (Wildman–Crippen MR) is 62.6 cm³/mol. The second kappa shape index (κ2) is 5.27. The van der Waals surface area contributed by atoms with Crippen molar-refractivity contribution < 1.29 is 5.11 Å². The van der Waals surface area contributed by atoms with Crippen LogP contribution in [-0.4, -0.2) is 17.5 Å². The Morgan fingerprint density at radius 1 is 1.50 bits per heavy atom. The molecule has 3 heteroatoms. The Kier molecular flexibility index (Phi) is 4.29. The van der Waals surface area contributed by atoms with E-state index >= 15 is 0 Å². The molecule has 1 atom stereocenters. The van der Waals surface area contributed by atoms with Crippen LogP contribution >= 0.6 is 11.8 Å². The second-order valence-corrected chi connectivity index (χ2v) is 4.70. The summed E-state index contributed by atoms with van der Waals surface area (Å²) in [5.74, 6) is 1.23. The van der Waals surface area contributed by atoms with Crippen molar-refractivity contribution in [2.45, 2.75) is 18.7 Å². The van der Waals surface area contributed by atoms with Crippen LogP contribution in [0.5, 0.6) is 0 Å². The van der Waals surface area contributed by atoms with Crippen molar-refractivity contribution in [2.24, 2.45) is 5.92 Å². The third kappa shape index (κ3) is 3.24. The summed E-state index contributed by atoms with van der Waals surface area (Å²) in [6.45, 7) is 4.29. The van der Waals surface area contributed by atoms with E-state index in [-0.39, 0.29) is 6.61 Å². The van der Waals surface area contributed by atoms with Crippen molar-refractivity contribution in [1.29, 1.82) is 0 Å². The molecule has 0 radical (unpaired) electrons. The highest BCUT2D eigenvalue weighted by Crippen LogP contribution is 2.27. The Morgan fingerprint density at radius 3 is 2.79 bits per heavy atom. The number of nitrogen functional groups attached to an aromatic ring is 1. The summed E-state index contributed by atoms with van der Waals surface area (Å²) in [6, 6.07) is 6.08. The van der Waals surface area contributed by atoms with Crippen LogP contribution < -0.4 is 5.73 Å². The normalized spacial score (nSPS) is 12.8. The van der Waals surface area contributed by atoms with Gasteiger partial charge in [0.2, 0.25) is 0 Å². The molecule has 0 aliphatic rings. The van der Waals surface area contributed by atoms with Gasteiger partial charge in [-0.25, -0.2) is 0 Å². The van der Waals surface area contributed by atoms with Crippen molar-refractivity contribution in [1.82, 2.24) is 0 Å². The van der Waals surface area contributed by atoms with E-state index in [1.807, 2.05) is 26.0 Å². The zero-order chi connectivity index (χ0) is 10.6. The lowest BCUT2D eigenvalue weighted by Crippen LogP contribution is -2.03. The van der Waals surface area contributed by atoms with Crippen molar-refractivity contribution in [3.63, 3.8) is 0 Å². The lowest BCUT2D eigenvalue weighted by atomic mass is 10.2. The number of aryl methyl sites for hydroxylation is 1. The van der Waals surface area contributed by atoms with Gasteiger partial charge in [0.1, 0.15) is 0 Å². The van der Waals surface area contributed by atoms with Gasteiger partial charge in [-0.3, -0.25) is 0 Å². The van der Waals surface area contributed by atoms with E-state index in [0.717, 1.165) is 16.3 Å². The Morgan fingerprint density at radius 2 is 2.21 bits per heavy atom. The molecule has 1 rings (SSSR count). The highest BCUT2D eigenvalue weighted by molar-refractivity contribution is 7.99. The minimum atomic E-state index is 0.235. The topological polar surface area (TPSA) is 46.2 Å². The number of rotatable bonds is 4. The van der Waals surface area contributed by atoms with Crippen LogP contribution in [0.4, 0.5) is 5.69 Å². The molecular weight excluding hydrogens is 194 g/mol. The second-order valence-electron chi connectivity index (χ2n) is 3.64. The van der Waals surface area contributed by atoms with Crippen LogP contribution in [0, 0.1) is 12.8 Å². The number of anilines is 1.